The van der Waals surface area contributed by atoms with Crippen molar-refractivity contribution in [3.63, 3.8) is 0 Å². The first-order valence-corrected chi connectivity index (χ1v) is 29.4. The molecule has 0 saturated carbocycles. The van der Waals surface area contributed by atoms with E-state index < -0.39 is 6.10 Å². The van der Waals surface area contributed by atoms with Crippen LogP contribution in [0.3, 0.4) is 0 Å². The first-order chi connectivity index (χ1) is 34.6. The van der Waals surface area contributed by atoms with Crippen LogP contribution in [0.25, 0.3) is 0 Å². The Morgan fingerprint density at radius 2 is 0.614 bits per heavy atom. The van der Waals surface area contributed by atoms with Crippen LogP contribution >= 0.6 is 0 Å². The van der Waals surface area contributed by atoms with Crippen LogP contribution in [0, 0.1) is 0 Å². The van der Waals surface area contributed by atoms with Gasteiger partial charge in [0.2, 0.25) is 0 Å². The van der Waals surface area contributed by atoms with Crippen LogP contribution in [0.2, 0.25) is 0 Å². The number of rotatable bonds is 53. The second kappa shape index (κ2) is 59.9. The van der Waals surface area contributed by atoms with Crippen LogP contribution in [0.5, 0.6) is 0 Å². The summed E-state index contributed by atoms with van der Waals surface area (Å²) in [7, 11) is 0. The number of ether oxygens (including phenoxy) is 2. The maximum Gasteiger partial charge on any atom is 0.306 e. The van der Waals surface area contributed by atoms with Crippen molar-refractivity contribution in [2.24, 2.45) is 0 Å². The standard InChI is InChI=1S/C65H110O5/c1-3-5-7-9-11-13-15-17-19-21-23-25-27-29-31-32-34-36-38-40-42-44-46-48-50-52-54-56-58-60-65(68)70-63(61-66)62-69-64(67)59-57-55-53-51-49-47-45-43-41-39-37-35-33-30-28-26-24-22-20-18-16-14-12-10-8-6-4-2/h5,7,11,13,17,19,22-25,29,31,34,36,40,42,46,48,63,66H,3-4,6,8-10,12,14-16,18,20-21,26-28,30,32-33,35,37-39,41,43-45,47,49-62H2,1-2H3/b7-5-,13-11-,19-17-,24-22-,25-23-,31-29-,36-34-,42-40-,48-46-. The second-order valence-corrected chi connectivity index (χ2v) is 19.3. The van der Waals surface area contributed by atoms with E-state index in [0.717, 1.165) is 103 Å². The van der Waals surface area contributed by atoms with Crippen LogP contribution in [0.15, 0.2) is 109 Å². The number of hydrogen-bond donors (Lipinski definition) is 1. The highest BCUT2D eigenvalue weighted by atomic mass is 16.6. The molecule has 0 aliphatic rings. The molecule has 5 nitrogen and oxygen atoms in total. The maximum absolute atomic E-state index is 12.3. The molecule has 0 fully saturated rings. The van der Waals surface area contributed by atoms with E-state index in [-0.39, 0.29) is 25.2 Å². The van der Waals surface area contributed by atoms with Crippen molar-refractivity contribution in [1.29, 1.82) is 0 Å². The van der Waals surface area contributed by atoms with Crippen molar-refractivity contribution in [3.8, 4) is 0 Å². The fourth-order valence-electron chi connectivity index (χ4n) is 8.15. The van der Waals surface area contributed by atoms with Gasteiger partial charge in [-0.1, -0.05) is 264 Å². The van der Waals surface area contributed by atoms with Crippen molar-refractivity contribution < 1.29 is 24.2 Å². The van der Waals surface area contributed by atoms with Crippen molar-refractivity contribution in [1.82, 2.24) is 0 Å². The van der Waals surface area contributed by atoms with Crippen LogP contribution in [0.1, 0.15) is 271 Å². The zero-order valence-corrected chi connectivity index (χ0v) is 45.7. The predicted octanol–water partition coefficient (Wildman–Crippen LogP) is 20.1. The molecule has 0 aliphatic heterocycles. The zero-order valence-electron chi connectivity index (χ0n) is 45.7. The minimum Gasteiger partial charge on any atom is -0.462 e. The highest BCUT2D eigenvalue weighted by Crippen LogP contribution is 2.16. The summed E-state index contributed by atoms with van der Waals surface area (Å²) in [6.45, 7) is 4.02. The van der Waals surface area contributed by atoms with E-state index in [1.807, 2.05) is 0 Å². The minimum absolute atomic E-state index is 0.0809. The number of carbonyl (C=O) groups excluding carboxylic acids is 2. The van der Waals surface area contributed by atoms with Gasteiger partial charge >= 0.3 is 11.9 Å². The van der Waals surface area contributed by atoms with Gasteiger partial charge in [0.1, 0.15) is 6.61 Å². The van der Waals surface area contributed by atoms with Crippen LogP contribution in [-0.4, -0.2) is 36.4 Å². The summed E-state index contributed by atoms with van der Waals surface area (Å²) in [5, 5.41) is 9.66. The fraction of sp³-hybridized carbons (Fsp3) is 0.692. The number of aliphatic hydroxyl groups excluding tert-OH is 1. The van der Waals surface area contributed by atoms with Crippen LogP contribution in [-0.2, 0) is 19.1 Å². The zero-order chi connectivity index (χ0) is 50.6. The van der Waals surface area contributed by atoms with E-state index in [1.54, 1.807) is 0 Å². The molecule has 0 heterocycles. The van der Waals surface area contributed by atoms with Gasteiger partial charge in [0.05, 0.1) is 6.61 Å². The average molecular weight is 972 g/mol. The molecule has 0 rings (SSSR count). The molecule has 0 amide bonds. The van der Waals surface area contributed by atoms with Crippen molar-refractivity contribution >= 4 is 11.9 Å². The Morgan fingerprint density at radius 1 is 0.343 bits per heavy atom. The molecular formula is C65H110O5. The molecule has 0 aromatic heterocycles. The van der Waals surface area contributed by atoms with Crippen molar-refractivity contribution in [3.05, 3.63) is 109 Å². The third-order valence-corrected chi connectivity index (χ3v) is 12.6. The topological polar surface area (TPSA) is 72.8 Å². The molecule has 400 valence electrons. The normalized spacial score (nSPS) is 13.0. The SMILES string of the molecule is CC/C=C\C/C=C\C/C=C\C/C=C\C/C=C\C/C=C\C/C=C\C/C=C\CCCCCCC(=O)OC(CO)COC(=O)CCCCCCCCCCCCCCCCC/C=C\CCCCCCCCCC. The molecule has 1 unspecified atom stereocenters. The first kappa shape index (κ1) is 66.6. The number of carbonyl (C=O) groups is 2. The third kappa shape index (κ3) is 57.1. The molecule has 0 radical (unpaired) electrons. The lowest BCUT2D eigenvalue weighted by molar-refractivity contribution is -0.161. The van der Waals surface area contributed by atoms with Gasteiger partial charge in [-0.2, -0.15) is 0 Å². The summed E-state index contributed by atoms with van der Waals surface area (Å²) in [6.07, 6.45) is 86.4. The van der Waals surface area contributed by atoms with E-state index in [9.17, 15) is 14.7 Å². The van der Waals surface area contributed by atoms with Gasteiger partial charge in [-0.15, -0.1) is 0 Å². The Bertz CT molecular complexity index is 1380. The largest absolute Gasteiger partial charge is 0.462 e. The summed E-state index contributed by atoms with van der Waals surface area (Å²) in [4.78, 5) is 24.5. The van der Waals surface area contributed by atoms with Gasteiger partial charge in [-0.25, -0.2) is 0 Å². The molecule has 0 aromatic carbocycles. The molecule has 0 saturated heterocycles. The second-order valence-electron chi connectivity index (χ2n) is 19.3. The summed E-state index contributed by atoms with van der Waals surface area (Å²) in [6, 6.07) is 0. The fourth-order valence-corrected chi connectivity index (χ4v) is 8.15. The summed E-state index contributed by atoms with van der Waals surface area (Å²) < 4.78 is 10.7. The summed E-state index contributed by atoms with van der Waals surface area (Å²) in [5.41, 5.74) is 0. The first-order valence-electron chi connectivity index (χ1n) is 29.4. The van der Waals surface area contributed by atoms with Gasteiger partial charge in [-0.3, -0.25) is 9.59 Å². The smallest absolute Gasteiger partial charge is 0.306 e. The van der Waals surface area contributed by atoms with E-state index in [0.29, 0.717) is 12.8 Å². The molecule has 0 bridgehead atoms. The van der Waals surface area contributed by atoms with Crippen molar-refractivity contribution in [2.75, 3.05) is 13.2 Å². The monoisotopic (exact) mass is 971 g/mol. The number of hydrogen-bond acceptors (Lipinski definition) is 5. The molecular weight excluding hydrogens is 861 g/mol. The number of unbranched alkanes of at least 4 members (excludes halogenated alkanes) is 27. The van der Waals surface area contributed by atoms with Gasteiger partial charge in [0.15, 0.2) is 6.10 Å². The van der Waals surface area contributed by atoms with Gasteiger partial charge in [0, 0.05) is 12.8 Å². The highest BCUT2D eigenvalue weighted by molar-refractivity contribution is 5.70. The minimum atomic E-state index is -0.794. The Balaban J connectivity index is 3.57. The Morgan fingerprint density at radius 3 is 0.943 bits per heavy atom. The quantitative estimate of drug-likeness (QED) is 0.0373. The van der Waals surface area contributed by atoms with E-state index in [4.69, 9.17) is 9.47 Å². The Kier molecular flexibility index (Phi) is 56.9. The number of allylic oxidation sites excluding steroid dienone is 18. The molecule has 0 spiro atoms. The lowest BCUT2D eigenvalue weighted by atomic mass is 10.0. The van der Waals surface area contributed by atoms with Gasteiger partial charge in [0.25, 0.3) is 0 Å². The van der Waals surface area contributed by atoms with E-state index in [1.165, 1.54) is 141 Å². The molecule has 1 N–H and O–H groups in total. The lowest BCUT2D eigenvalue weighted by Crippen LogP contribution is -2.28. The van der Waals surface area contributed by atoms with E-state index in [2.05, 4.69) is 123 Å². The lowest BCUT2D eigenvalue weighted by Gasteiger charge is -2.15. The van der Waals surface area contributed by atoms with Crippen LogP contribution in [0.4, 0.5) is 0 Å². The number of aliphatic hydroxyl groups is 1. The predicted molar refractivity (Wildman–Crippen MR) is 306 cm³/mol. The average Bonchev–Trinajstić information content (AvgIpc) is 3.36. The van der Waals surface area contributed by atoms with Gasteiger partial charge in [-0.05, 0) is 103 Å². The highest BCUT2D eigenvalue weighted by Gasteiger charge is 2.16. The molecule has 5 heteroatoms. The number of esters is 2. The maximum atomic E-state index is 12.3. The van der Waals surface area contributed by atoms with Crippen molar-refractivity contribution in [2.45, 2.75) is 277 Å². The van der Waals surface area contributed by atoms with Gasteiger partial charge < -0.3 is 14.6 Å². The molecule has 70 heavy (non-hydrogen) atoms. The van der Waals surface area contributed by atoms with Crippen LogP contribution < -0.4 is 0 Å². The molecule has 0 aromatic rings. The third-order valence-electron chi connectivity index (χ3n) is 12.6. The summed E-state index contributed by atoms with van der Waals surface area (Å²) in [5.74, 6) is -0.619. The molecule has 0 aliphatic carbocycles. The summed E-state index contributed by atoms with van der Waals surface area (Å²) >= 11 is 0. The Labute approximate surface area is 433 Å². The molecule has 1 atom stereocenters. The van der Waals surface area contributed by atoms with E-state index >= 15 is 0 Å². The Hall–Kier alpha value is -3.44.